The summed E-state index contributed by atoms with van der Waals surface area (Å²) in [4.78, 5) is 13.5. The Bertz CT molecular complexity index is 491. The molecule has 1 aliphatic rings. The van der Waals surface area contributed by atoms with Gasteiger partial charge in [-0.1, -0.05) is 11.6 Å². The molecule has 1 unspecified atom stereocenters. The lowest BCUT2D eigenvalue weighted by molar-refractivity contribution is 0.117. The molecule has 110 valence electrons. The SMILES string of the molecule is COc1ccc(Cl)c(NC(=O)N(C)CC(O)C2CC2)c1. The summed E-state index contributed by atoms with van der Waals surface area (Å²) in [6.07, 6.45) is 1.63. The normalized spacial score (nSPS) is 15.6. The molecule has 1 aromatic carbocycles. The van der Waals surface area contributed by atoms with Crippen molar-refractivity contribution in [2.24, 2.45) is 5.92 Å². The van der Waals surface area contributed by atoms with Crippen LogP contribution in [0, 0.1) is 5.92 Å². The van der Waals surface area contributed by atoms with Gasteiger partial charge in [0.05, 0.1) is 23.9 Å². The molecule has 1 saturated carbocycles. The van der Waals surface area contributed by atoms with Gasteiger partial charge in [0.1, 0.15) is 5.75 Å². The van der Waals surface area contributed by atoms with Crippen LogP contribution in [-0.4, -0.2) is 42.8 Å². The summed E-state index contributed by atoms with van der Waals surface area (Å²) in [5.74, 6) is 0.955. The molecule has 20 heavy (non-hydrogen) atoms. The van der Waals surface area contributed by atoms with Crippen LogP contribution in [0.1, 0.15) is 12.8 Å². The lowest BCUT2D eigenvalue weighted by atomic mass is 10.2. The number of aliphatic hydroxyl groups excluding tert-OH is 1. The molecule has 0 bridgehead atoms. The van der Waals surface area contributed by atoms with E-state index in [1.807, 2.05) is 0 Å². The molecule has 0 spiro atoms. The molecule has 1 atom stereocenters. The van der Waals surface area contributed by atoms with Crippen molar-refractivity contribution < 1.29 is 14.6 Å². The molecule has 0 heterocycles. The monoisotopic (exact) mass is 298 g/mol. The molecule has 1 aromatic rings. The summed E-state index contributed by atoms with van der Waals surface area (Å²) >= 11 is 6.03. The Hall–Kier alpha value is -1.46. The molecule has 5 nitrogen and oxygen atoms in total. The van der Waals surface area contributed by atoms with Crippen LogP contribution in [0.3, 0.4) is 0 Å². The lowest BCUT2D eigenvalue weighted by Crippen LogP contribution is -2.38. The first-order valence-corrected chi connectivity index (χ1v) is 6.92. The highest BCUT2D eigenvalue weighted by molar-refractivity contribution is 6.33. The molecule has 0 saturated heterocycles. The maximum absolute atomic E-state index is 12.0. The van der Waals surface area contributed by atoms with E-state index < -0.39 is 6.10 Å². The molecular weight excluding hydrogens is 280 g/mol. The van der Waals surface area contributed by atoms with E-state index in [4.69, 9.17) is 16.3 Å². The number of carbonyl (C=O) groups excluding carboxylic acids is 1. The number of amides is 2. The number of rotatable bonds is 5. The average molecular weight is 299 g/mol. The van der Waals surface area contributed by atoms with E-state index in [-0.39, 0.29) is 6.03 Å². The Morgan fingerprint density at radius 3 is 2.90 bits per heavy atom. The van der Waals surface area contributed by atoms with Crippen molar-refractivity contribution in [1.29, 1.82) is 0 Å². The second-order valence-corrected chi connectivity index (χ2v) is 5.47. The van der Waals surface area contributed by atoms with Crippen molar-refractivity contribution in [3.05, 3.63) is 23.2 Å². The lowest BCUT2D eigenvalue weighted by Gasteiger charge is -2.21. The highest BCUT2D eigenvalue weighted by atomic mass is 35.5. The Morgan fingerprint density at radius 1 is 1.60 bits per heavy atom. The van der Waals surface area contributed by atoms with Gasteiger partial charge in [-0.25, -0.2) is 4.79 Å². The number of halogens is 1. The van der Waals surface area contributed by atoms with Crippen LogP contribution in [0.5, 0.6) is 5.75 Å². The van der Waals surface area contributed by atoms with Crippen molar-refractivity contribution in [1.82, 2.24) is 4.90 Å². The summed E-state index contributed by atoms with van der Waals surface area (Å²) < 4.78 is 5.09. The zero-order valence-corrected chi connectivity index (χ0v) is 12.4. The van der Waals surface area contributed by atoms with Gasteiger partial charge >= 0.3 is 6.03 Å². The zero-order chi connectivity index (χ0) is 14.7. The summed E-state index contributed by atoms with van der Waals surface area (Å²) in [6, 6.07) is 4.73. The van der Waals surface area contributed by atoms with E-state index in [0.29, 0.717) is 28.9 Å². The third-order valence-corrected chi connectivity index (χ3v) is 3.72. The third kappa shape index (κ3) is 3.77. The second-order valence-electron chi connectivity index (χ2n) is 5.06. The maximum Gasteiger partial charge on any atom is 0.321 e. The first kappa shape index (κ1) is 14.9. The predicted molar refractivity (Wildman–Crippen MR) is 78.4 cm³/mol. The van der Waals surface area contributed by atoms with Crippen molar-refractivity contribution >= 4 is 23.3 Å². The Labute approximate surface area is 123 Å². The maximum atomic E-state index is 12.0. The van der Waals surface area contributed by atoms with Crippen molar-refractivity contribution in [3.8, 4) is 5.75 Å². The van der Waals surface area contributed by atoms with Gasteiger partial charge in [-0.15, -0.1) is 0 Å². The van der Waals surface area contributed by atoms with Gasteiger partial charge in [-0.3, -0.25) is 0 Å². The summed E-state index contributed by atoms with van der Waals surface area (Å²) in [6.45, 7) is 0.318. The Balaban J connectivity index is 1.95. The molecule has 2 amide bonds. The summed E-state index contributed by atoms with van der Waals surface area (Å²) in [7, 11) is 3.20. The van der Waals surface area contributed by atoms with Crippen LogP contribution in [0.2, 0.25) is 5.02 Å². The number of anilines is 1. The number of methoxy groups -OCH3 is 1. The average Bonchev–Trinajstić information content (AvgIpc) is 3.25. The molecule has 1 fully saturated rings. The minimum Gasteiger partial charge on any atom is -0.497 e. The number of hydrogen-bond donors (Lipinski definition) is 2. The smallest absolute Gasteiger partial charge is 0.321 e. The van der Waals surface area contributed by atoms with E-state index in [1.54, 1.807) is 32.4 Å². The van der Waals surface area contributed by atoms with Crippen LogP contribution >= 0.6 is 11.6 Å². The molecule has 2 N–H and O–H groups in total. The van der Waals surface area contributed by atoms with Crippen molar-refractivity contribution in [3.63, 3.8) is 0 Å². The summed E-state index contributed by atoms with van der Waals surface area (Å²) in [5.41, 5.74) is 0.490. The fourth-order valence-corrected chi connectivity index (χ4v) is 2.10. The topological polar surface area (TPSA) is 61.8 Å². The number of nitrogens with one attached hydrogen (secondary N) is 1. The van der Waals surface area contributed by atoms with Gasteiger partial charge in [-0.2, -0.15) is 0 Å². The van der Waals surface area contributed by atoms with E-state index >= 15 is 0 Å². The quantitative estimate of drug-likeness (QED) is 0.878. The number of hydrogen-bond acceptors (Lipinski definition) is 3. The Morgan fingerprint density at radius 2 is 2.30 bits per heavy atom. The Kier molecular flexibility index (Phi) is 4.73. The predicted octanol–water partition coefficient (Wildman–Crippen LogP) is 2.58. The van der Waals surface area contributed by atoms with Crippen LogP contribution in [0.15, 0.2) is 18.2 Å². The standard InChI is InChI=1S/C14H19ClN2O3/c1-17(8-13(18)9-3-4-9)14(19)16-12-7-10(20-2)5-6-11(12)15/h5-7,9,13,18H,3-4,8H2,1-2H3,(H,16,19). The largest absolute Gasteiger partial charge is 0.497 e. The van der Waals surface area contributed by atoms with Crippen LogP contribution in [0.25, 0.3) is 0 Å². The fourth-order valence-electron chi connectivity index (χ4n) is 1.93. The van der Waals surface area contributed by atoms with Crippen LogP contribution in [-0.2, 0) is 0 Å². The number of urea groups is 1. The van der Waals surface area contributed by atoms with Crippen LogP contribution in [0.4, 0.5) is 10.5 Å². The van der Waals surface area contributed by atoms with E-state index in [2.05, 4.69) is 5.32 Å². The molecule has 2 rings (SSSR count). The third-order valence-electron chi connectivity index (χ3n) is 3.39. The molecular formula is C14H19ClN2O3. The first-order chi connectivity index (χ1) is 9.51. The fraction of sp³-hybridized carbons (Fsp3) is 0.500. The van der Waals surface area contributed by atoms with Gasteiger partial charge < -0.3 is 20.1 Å². The number of nitrogens with zero attached hydrogens (tertiary/aromatic N) is 1. The number of benzene rings is 1. The number of likely N-dealkylation sites (N-methyl/N-ethyl adjacent to an activating group) is 1. The highest BCUT2D eigenvalue weighted by Gasteiger charge is 2.31. The molecule has 1 aliphatic carbocycles. The minimum absolute atomic E-state index is 0.306. The number of ether oxygens (including phenoxy) is 1. The first-order valence-electron chi connectivity index (χ1n) is 6.55. The minimum atomic E-state index is -0.452. The molecule has 0 radical (unpaired) electrons. The van der Waals surface area contributed by atoms with E-state index in [9.17, 15) is 9.90 Å². The van der Waals surface area contributed by atoms with Crippen molar-refractivity contribution in [2.45, 2.75) is 18.9 Å². The van der Waals surface area contributed by atoms with Crippen molar-refractivity contribution in [2.75, 3.05) is 26.0 Å². The van der Waals surface area contributed by atoms with E-state index in [1.165, 1.54) is 4.90 Å². The number of aliphatic hydroxyl groups is 1. The zero-order valence-electron chi connectivity index (χ0n) is 11.6. The van der Waals surface area contributed by atoms with Crippen LogP contribution < -0.4 is 10.1 Å². The molecule has 6 heteroatoms. The highest BCUT2D eigenvalue weighted by Crippen LogP contribution is 2.33. The van der Waals surface area contributed by atoms with Gasteiger partial charge in [-0.05, 0) is 30.9 Å². The van der Waals surface area contributed by atoms with Gasteiger partial charge in [0.2, 0.25) is 0 Å². The van der Waals surface area contributed by atoms with E-state index in [0.717, 1.165) is 12.8 Å². The van der Waals surface area contributed by atoms with Gasteiger partial charge in [0.25, 0.3) is 0 Å². The molecule has 0 aromatic heterocycles. The van der Waals surface area contributed by atoms with Gasteiger partial charge in [0, 0.05) is 19.7 Å². The second kappa shape index (κ2) is 6.33. The summed E-state index contributed by atoms with van der Waals surface area (Å²) in [5, 5.41) is 13.0. The molecule has 0 aliphatic heterocycles. The number of carbonyl (C=O) groups is 1. The van der Waals surface area contributed by atoms with Gasteiger partial charge in [0.15, 0.2) is 0 Å².